The Hall–Kier alpha value is -1.35. The van der Waals surface area contributed by atoms with E-state index >= 15 is 0 Å². The summed E-state index contributed by atoms with van der Waals surface area (Å²) in [7, 11) is 0. The molecule has 0 N–H and O–H groups in total. The standard InChI is InChI=1S/C12H11ClN2O/c13-11-3-1-8(2-4-11)9-5-10(6-9)12-14-7-16-15-12/h1-4,7,9-10H,5-6H2. The molecule has 1 aliphatic rings. The Labute approximate surface area is 98.4 Å². The zero-order valence-electron chi connectivity index (χ0n) is 8.64. The van der Waals surface area contributed by atoms with Crippen molar-refractivity contribution in [2.75, 3.05) is 0 Å². The van der Waals surface area contributed by atoms with E-state index in [0.717, 1.165) is 23.7 Å². The Kier molecular flexibility index (Phi) is 2.40. The fourth-order valence-corrected chi connectivity index (χ4v) is 2.32. The van der Waals surface area contributed by atoms with E-state index in [2.05, 4.69) is 22.3 Å². The molecule has 0 saturated heterocycles. The van der Waals surface area contributed by atoms with E-state index < -0.39 is 0 Å². The third-order valence-electron chi connectivity index (χ3n) is 3.22. The number of benzene rings is 1. The SMILES string of the molecule is Clc1ccc(C2CC(c3ncon3)C2)cc1. The van der Waals surface area contributed by atoms with Gasteiger partial charge in [0.1, 0.15) is 0 Å². The monoisotopic (exact) mass is 234 g/mol. The lowest BCUT2D eigenvalue weighted by Gasteiger charge is -2.33. The van der Waals surface area contributed by atoms with Gasteiger partial charge in [-0.3, -0.25) is 0 Å². The van der Waals surface area contributed by atoms with E-state index in [-0.39, 0.29) is 0 Å². The predicted molar refractivity (Wildman–Crippen MR) is 60.5 cm³/mol. The van der Waals surface area contributed by atoms with Crippen LogP contribution in [-0.2, 0) is 0 Å². The van der Waals surface area contributed by atoms with Gasteiger partial charge in [-0.15, -0.1) is 0 Å². The second-order valence-corrected chi connectivity index (χ2v) is 4.64. The van der Waals surface area contributed by atoms with Gasteiger partial charge in [0, 0.05) is 10.9 Å². The van der Waals surface area contributed by atoms with Crippen molar-refractivity contribution in [2.24, 2.45) is 0 Å². The van der Waals surface area contributed by atoms with Crippen LogP contribution in [0.1, 0.15) is 36.1 Å². The molecule has 1 aliphatic carbocycles. The van der Waals surface area contributed by atoms with Crippen LogP contribution in [0.15, 0.2) is 35.2 Å². The normalized spacial score (nSPS) is 24.1. The Balaban J connectivity index is 1.67. The minimum absolute atomic E-state index is 0.458. The highest BCUT2D eigenvalue weighted by Gasteiger charge is 2.33. The Morgan fingerprint density at radius 3 is 2.50 bits per heavy atom. The van der Waals surface area contributed by atoms with E-state index in [9.17, 15) is 0 Å². The topological polar surface area (TPSA) is 38.9 Å². The number of hydrogen-bond acceptors (Lipinski definition) is 3. The fourth-order valence-electron chi connectivity index (χ4n) is 2.19. The highest BCUT2D eigenvalue weighted by molar-refractivity contribution is 6.30. The average Bonchev–Trinajstić information content (AvgIpc) is 2.72. The quantitative estimate of drug-likeness (QED) is 0.800. The van der Waals surface area contributed by atoms with E-state index in [0.29, 0.717) is 11.8 Å². The van der Waals surface area contributed by atoms with Gasteiger partial charge in [0.2, 0.25) is 6.39 Å². The minimum atomic E-state index is 0.458. The number of halogens is 1. The second kappa shape index (κ2) is 3.91. The summed E-state index contributed by atoms with van der Waals surface area (Å²) in [5.41, 5.74) is 1.35. The molecular weight excluding hydrogens is 224 g/mol. The van der Waals surface area contributed by atoms with Crippen LogP contribution in [-0.4, -0.2) is 10.1 Å². The second-order valence-electron chi connectivity index (χ2n) is 4.21. The van der Waals surface area contributed by atoms with Gasteiger partial charge in [-0.2, -0.15) is 4.98 Å². The van der Waals surface area contributed by atoms with E-state index in [1.165, 1.54) is 12.0 Å². The lowest BCUT2D eigenvalue weighted by Crippen LogP contribution is -2.20. The van der Waals surface area contributed by atoms with Gasteiger partial charge in [-0.1, -0.05) is 28.9 Å². The summed E-state index contributed by atoms with van der Waals surface area (Å²) in [5.74, 6) is 1.91. The molecule has 3 nitrogen and oxygen atoms in total. The van der Waals surface area contributed by atoms with E-state index in [1.807, 2.05) is 12.1 Å². The molecular formula is C12H11ClN2O. The van der Waals surface area contributed by atoms with Crippen LogP contribution in [0.25, 0.3) is 0 Å². The fraction of sp³-hybridized carbons (Fsp3) is 0.333. The largest absolute Gasteiger partial charge is 0.343 e. The van der Waals surface area contributed by atoms with Gasteiger partial charge in [0.15, 0.2) is 5.82 Å². The summed E-state index contributed by atoms with van der Waals surface area (Å²) in [6.07, 6.45) is 3.59. The van der Waals surface area contributed by atoms with Gasteiger partial charge in [-0.25, -0.2) is 0 Å². The maximum Gasteiger partial charge on any atom is 0.213 e. The van der Waals surface area contributed by atoms with Crippen LogP contribution in [0.5, 0.6) is 0 Å². The maximum atomic E-state index is 5.86. The first-order valence-electron chi connectivity index (χ1n) is 5.34. The molecule has 1 saturated carbocycles. The van der Waals surface area contributed by atoms with Crippen molar-refractivity contribution < 1.29 is 4.52 Å². The van der Waals surface area contributed by atoms with Crippen LogP contribution in [0.3, 0.4) is 0 Å². The number of hydrogen-bond donors (Lipinski definition) is 0. The van der Waals surface area contributed by atoms with Crippen molar-refractivity contribution in [3.63, 3.8) is 0 Å². The molecule has 0 atom stereocenters. The third-order valence-corrected chi connectivity index (χ3v) is 3.47. The van der Waals surface area contributed by atoms with Crippen molar-refractivity contribution in [3.8, 4) is 0 Å². The molecule has 0 bridgehead atoms. The summed E-state index contributed by atoms with van der Waals surface area (Å²) in [6.45, 7) is 0. The zero-order chi connectivity index (χ0) is 11.0. The van der Waals surface area contributed by atoms with Crippen LogP contribution in [0.2, 0.25) is 5.02 Å². The Bertz CT molecular complexity index is 460. The van der Waals surface area contributed by atoms with Gasteiger partial charge in [-0.05, 0) is 36.5 Å². The van der Waals surface area contributed by atoms with Crippen LogP contribution >= 0.6 is 11.6 Å². The molecule has 1 fully saturated rings. The molecule has 1 heterocycles. The number of nitrogens with zero attached hydrogens (tertiary/aromatic N) is 2. The molecule has 2 aromatic rings. The molecule has 0 spiro atoms. The summed E-state index contributed by atoms with van der Waals surface area (Å²) >= 11 is 5.86. The summed E-state index contributed by atoms with van der Waals surface area (Å²) < 4.78 is 4.75. The molecule has 0 amide bonds. The van der Waals surface area contributed by atoms with Gasteiger partial charge in [0.25, 0.3) is 0 Å². The first-order chi connectivity index (χ1) is 7.83. The summed E-state index contributed by atoms with van der Waals surface area (Å²) in [4.78, 5) is 4.08. The number of rotatable bonds is 2. The Morgan fingerprint density at radius 1 is 1.12 bits per heavy atom. The maximum absolute atomic E-state index is 5.86. The van der Waals surface area contributed by atoms with Crippen LogP contribution < -0.4 is 0 Å². The third kappa shape index (κ3) is 1.71. The molecule has 0 radical (unpaired) electrons. The number of aromatic nitrogens is 2. The smallest absolute Gasteiger partial charge is 0.213 e. The molecule has 0 unspecified atom stereocenters. The van der Waals surface area contributed by atoms with Crippen LogP contribution in [0, 0.1) is 0 Å². The molecule has 0 aliphatic heterocycles. The minimum Gasteiger partial charge on any atom is -0.343 e. The molecule has 82 valence electrons. The molecule has 1 aromatic carbocycles. The van der Waals surface area contributed by atoms with Gasteiger partial charge < -0.3 is 4.52 Å². The van der Waals surface area contributed by atoms with E-state index in [1.54, 1.807) is 0 Å². The van der Waals surface area contributed by atoms with Gasteiger partial charge >= 0.3 is 0 Å². The molecule has 3 rings (SSSR count). The lowest BCUT2D eigenvalue weighted by atomic mass is 9.71. The highest BCUT2D eigenvalue weighted by atomic mass is 35.5. The van der Waals surface area contributed by atoms with Crippen molar-refractivity contribution in [1.29, 1.82) is 0 Å². The first-order valence-corrected chi connectivity index (χ1v) is 5.72. The van der Waals surface area contributed by atoms with Crippen molar-refractivity contribution in [1.82, 2.24) is 10.1 Å². The lowest BCUT2D eigenvalue weighted by molar-refractivity contribution is 0.321. The first kappa shape index (κ1) is 9.85. The average molecular weight is 235 g/mol. The van der Waals surface area contributed by atoms with E-state index in [4.69, 9.17) is 16.1 Å². The summed E-state index contributed by atoms with van der Waals surface area (Å²) in [5, 5.41) is 4.66. The molecule has 16 heavy (non-hydrogen) atoms. The van der Waals surface area contributed by atoms with Crippen molar-refractivity contribution in [2.45, 2.75) is 24.7 Å². The molecule has 1 aromatic heterocycles. The van der Waals surface area contributed by atoms with Crippen LogP contribution in [0.4, 0.5) is 0 Å². The summed E-state index contributed by atoms with van der Waals surface area (Å²) in [6, 6.07) is 8.08. The highest BCUT2D eigenvalue weighted by Crippen LogP contribution is 2.46. The predicted octanol–water partition coefficient (Wildman–Crippen LogP) is 3.38. The van der Waals surface area contributed by atoms with Gasteiger partial charge in [0.05, 0.1) is 0 Å². The molecule has 4 heteroatoms. The van der Waals surface area contributed by atoms with Crippen molar-refractivity contribution in [3.05, 3.63) is 47.1 Å². The zero-order valence-corrected chi connectivity index (χ0v) is 9.39. The van der Waals surface area contributed by atoms with Crippen molar-refractivity contribution >= 4 is 11.6 Å². The Morgan fingerprint density at radius 2 is 1.88 bits per heavy atom.